The minimum absolute atomic E-state index is 0.236. The first-order valence-corrected chi connectivity index (χ1v) is 5.68. The molecule has 1 aromatic carbocycles. The van der Waals surface area contributed by atoms with Crippen LogP contribution >= 0.6 is 0 Å². The van der Waals surface area contributed by atoms with Crippen LogP contribution in [0.3, 0.4) is 0 Å². The van der Waals surface area contributed by atoms with Crippen LogP contribution in [0.15, 0.2) is 18.2 Å². The summed E-state index contributed by atoms with van der Waals surface area (Å²) < 4.78 is 0. The Morgan fingerprint density at radius 1 is 1.47 bits per heavy atom. The van der Waals surface area contributed by atoms with Crippen LogP contribution in [-0.4, -0.2) is 25.3 Å². The monoisotopic (exact) mass is 205 g/mol. The molecule has 0 aromatic heterocycles. The molecule has 2 heteroatoms. The van der Waals surface area contributed by atoms with Gasteiger partial charge in [-0.25, -0.2) is 0 Å². The summed E-state index contributed by atoms with van der Waals surface area (Å²) in [5, 5.41) is 9.24. The van der Waals surface area contributed by atoms with Gasteiger partial charge in [0.2, 0.25) is 0 Å². The second kappa shape index (κ2) is 4.23. The first kappa shape index (κ1) is 10.5. The van der Waals surface area contributed by atoms with E-state index in [0.717, 1.165) is 13.0 Å². The lowest BCUT2D eigenvalue weighted by atomic mass is 9.90. The summed E-state index contributed by atoms with van der Waals surface area (Å²) in [5.41, 5.74) is 4.11. The van der Waals surface area contributed by atoms with Crippen LogP contribution in [0.25, 0.3) is 0 Å². The molecule has 0 fully saturated rings. The van der Waals surface area contributed by atoms with Crippen molar-refractivity contribution < 1.29 is 5.11 Å². The molecule has 82 valence electrons. The lowest BCUT2D eigenvalue weighted by Gasteiger charge is -2.30. The molecule has 1 atom stereocenters. The summed E-state index contributed by atoms with van der Waals surface area (Å²) in [6.45, 7) is 3.47. The van der Waals surface area contributed by atoms with Gasteiger partial charge in [-0.2, -0.15) is 0 Å². The fourth-order valence-corrected chi connectivity index (χ4v) is 2.40. The predicted octanol–water partition coefficient (Wildman–Crippen LogP) is 2.16. The van der Waals surface area contributed by atoms with E-state index in [1.54, 1.807) is 0 Å². The predicted molar refractivity (Wildman–Crippen MR) is 63.5 cm³/mol. The van der Waals surface area contributed by atoms with Gasteiger partial charge in [0, 0.05) is 31.8 Å². The maximum Gasteiger partial charge on any atom is 0.0497 e. The van der Waals surface area contributed by atoms with Gasteiger partial charge in [0.05, 0.1) is 0 Å². The highest BCUT2D eigenvalue weighted by Crippen LogP contribution is 2.32. The molecule has 2 nitrogen and oxygen atoms in total. The molecule has 0 spiro atoms. The number of benzene rings is 1. The molecule has 1 aliphatic heterocycles. The Balaban J connectivity index is 2.44. The summed E-state index contributed by atoms with van der Waals surface area (Å²) in [4.78, 5) is 2.31. The first-order chi connectivity index (χ1) is 7.24. The van der Waals surface area contributed by atoms with Gasteiger partial charge in [-0.3, -0.25) is 0 Å². The summed E-state index contributed by atoms with van der Waals surface area (Å²) in [6, 6.07) is 6.43. The van der Waals surface area contributed by atoms with Crippen molar-refractivity contribution in [1.29, 1.82) is 0 Å². The molecule has 0 bridgehead atoms. The molecule has 2 rings (SSSR count). The Hall–Kier alpha value is -1.02. The van der Waals surface area contributed by atoms with Crippen molar-refractivity contribution in [2.24, 2.45) is 0 Å². The van der Waals surface area contributed by atoms with Crippen LogP contribution in [-0.2, 0) is 6.42 Å². The number of rotatable bonds is 2. The molecule has 0 amide bonds. The SMILES string of the molecule is CC(CO)c1cccc2c1CCCN2C. The van der Waals surface area contributed by atoms with Crippen LogP contribution in [0.1, 0.15) is 30.4 Å². The molecular weight excluding hydrogens is 186 g/mol. The van der Waals surface area contributed by atoms with Gasteiger partial charge >= 0.3 is 0 Å². The van der Waals surface area contributed by atoms with Crippen LogP contribution < -0.4 is 4.90 Å². The van der Waals surface area contributed by atoms with E-state index in [4.69, 9.17) is 0 Å². The highest BCUT2D eigenvalue weighted by molar-refractivity contribution is 5.58. The highest BCUT2D eigenvalue weighted by Gasteiger charge is 2.18. The largest absolute Gasteiger partial charge is 0.396 e. The molecular formula is C13H19NO. The second-order valence-corrected chi connectivity index (χ2v) is 4.45. The lowest BCUT2D eigenvalue weighted by Crippen LogP contribution is -2.25. The first-order valence-electron chi connectivity index (χ1n) is 5.68. The molecule has 0 saturated heterocycles. The van der Waals surface area contributed by atoms with E-state index >= 15 is 0 Å². The number of fused-ring (bicyclic) bond motifs is 1. The maximum absolute atomic E-state index is 9.24. The minimum atomic E-state index is 0.236. The van der Waals surface area contributed by atoms with E-state index < -0.39 is 0 Å². The van der Waals surface area contributed by atoms with Crippen molar-refractivity contribution in [3.63, 3.8) is 0 Å². The zero-order chi connectivity index (χ0) is 10.8. The molecule has 0 aliphatic carbocycles. The fourth-order valence-electron chi connectivity index (χ4n) is 2.40. The van der Waals surface area contributed by atoms with E-state index in [1.807, 2.05) is 0 Å². The Kier molecular flexibility index (Phi) is 2.96. The van der Waals surface area contributed by atoms with E-state index in [2.05, 4.69) is 37.1 Å². The van der Waals surface area contributed by atoms with E-state index in [9.17, 15) is 5.11 Å². The molecule has 0 saturated carbocycles. The van der Waals surface area contributed by atoms with Crippen LogP contribution in [0.4, 0.5) is 5.69 Å². The van der Waals surface area contributed by atoms with Gasteiger partial charge in [0.1, 0.15) is 0 Å². The van der Waals surface area contributed by atoms with Crippen molar-refractivity contribution in [2.45, 2.75) is 25.7 Å². The third kappa shape index (κ3) is 1.86. The molecule has 1 heterocycles. The molecule has 0 radical (unpaired) electrons. The average Bonchev–Trinajstić information content (AvgIpc) is 2.28. The van der Waals surface area contributed by atoms with E-state index in [-0.39, 0.29) is 12.5 Å². The second-order valence-electron chi connectivity index (χ2n) is 4.45. The Labute approximate surface area is 91.5 Å². The van der Waals surface area contributed by atoms with E-state index in [1.165, 1.54) is 23.2 Å². The lowest BCUT2D eigenvalue weighted by molar-refractivity contribution is 0.272. The van der Waals surface area contributed by atoms with Crippen LogP contribution in [0, 0.1) is 0 Å². The summed E-state index contributed by atoms with van der Waals surface area (Å²) in [7, 11) is 2.14. The third-order valence-corrected chi connectivity index (χ3v) is 3.32. The van der Waals surface area contributed by atoms with Crippen molar-refractivity contribution in [3.8, 4) is 0 Å². The van der Waals surface area contributed by atoms with Crippen LogP contribution in [0.2, 0.25) is 0 Å². The summed E-state index contributed by atoms with van der Waals surface area (Å²) in [5.74, 6) is 0.256. The number of hydrogen-bond donors (Lipinski definition) is 1. The smallest absolute Gasteiger partial charge is 0.0497 e. The zero-order valence-corrected chi connectivity index (χ0v) is 9.53. The summed E-state index contributed by atoms with van der Waals surface area (Å²) >= 11 is 0. The van der Waals surface area contributed by atoms with Gasteiger partial charge in [-0.05, 0) is 30.0 Å². The van der Waals surface area contributed by atoms with Crippen molar-refractivity contribution in [1.82, 2.24) is 0 Å². The van der Waals surface area contributed by atoms with Crippen LogP contribution in [0.5, 0.6) is 0 Å². The molecule has 1 N–H and O–H groups in total. The highest BCUT2D eigenvalue weighted by atomic mass is 16.3. The molecule has 1 unspecified atom stereocenters. The summed E-state index contributed by atoms with van der Waals surface area (Å²) in [6.07, 6.45) is 2.37. The van der Waals surface area contributed by atoms with Gasteiger partial charge in [0.25, 0.3) is 0 Å². The maximum atomic E-state index is 9.24. The van der Waals surface area contributed by atoms with Crippen molar-refractivity contribution in [2.75, 3.05) is 25.1 Å². The fraction of sp³-hybridized carbons (Fsp3) is 0.538. The van der Waals surface area contributed by atoms with Crippen molar-refractivity contribution >= 4 is 5.69 Å². The Morgan fingerprint density at radius 3 is 3.00 bits per heavy atom. The third-order valence-electron chi connectivity index (χ3n) is 3.32. The standard InChI is InChI=1S/C13H19NO/c1-10(9-15)11-5-3-7-13-12(11)6-4-8-14(13)2/h3,5,7,10,15H,4,6,8-9H2,1-2H3. The van der Waals surface area contributed by atoms with Crippen molar-refractivity contribution in [3.05, 3.63) is 29.3 Å². The molecule has 1 aliphatic rings. The number of hydrogen-bond acceptors (Lipinski definition) is 2. The van der Waals surface area contributed by atoms with E-state index in [0.29, 0.717) is 0 Å². The van der Waals surface area contributed by atoms with Gasteiger partial charge < -0.3 is 10.0 Å². The number of aliphatic hydroxyl groups is 1. The van der Waals surface area contributed by atoms with Gasteiger partial charge in [0.15, 0.2) is 0 Å². The zero-order valence-electron chi connectivity index (χ0n) is 9.53. The quantitative estimate of drug-likeness (QED) is 0.799. The topological polar surface area (TPSA) is 23.5 Å². The molecule has 15 heavy (non-hydrogen) atoms. The number of aliphatic hydroxyl groups excluding tert-OH is 1. The average molecular weight is 205 g/mol. The Bertz CT molecular complexity index is 348. The van der Waals surface area contributed by atoms with Gasteiger partial charge in [-0.15, -0.1) is 0 Å². The molecule has 1 aromatic rings. The minimum Gasteiger partial charge on any atom is -0.396 e. The number of nitrogens with zero attached hydrogens (tertiary/aromatic N) is 1. The Morgan fingerprint density at radius 2 is 2.27 bits per heavy atom. The number of anilines is 1. The van der Waals surface area contributed by atoms with Gasteiger partial charge in [-0.1, -0.05) is 19.1 Å². The normalized spacial score (nSPS) is 17.4.